The quantitative estimate of drug-likeness (QED) is 0.135. The molecule has 0 spiro atoms. The van der Waals surface area contributed by atoms with E-state index in [0.717, 1.165) is 49.6 Å². The molecule has 4 aromatic heterocycles. The van der Waals surface area contributed by atoms with Gasteiger partial charge in [-0.1, -0.05) is 370 Å². The van der Waals surface area contributed by atoms with Crippen LogP contribution >= 0.6 is 11.3 Å². The molecule has 578 valence electrons. The van der Waals surface area contributed by atoms with Crippen LogP contribution in [0.1, 0.15) is 0 Å². The van der Waals surface area contributed by atoms with Crippen molar-refractivity contribution < 1.29 is 8.83 Å². The predicted octanol–water partition coefficient (Wildman–Crippen LogP) is 34.6. The van der Waals surface area contributed by atoms with E-state index in [0.29, 0.717) is 0 Å². The molecule has 22 aromatic carbocycles. The molecule has 0 aliphatic rings. The van der Waals surface area contributed by atoms with Gasteiger partial charge in [-0.3, -0.25) is 0 Å². The second-order valence-corrected chi connectivity index (χ2v) is 33.3. The van der Waals surface area contributed by atoms with Gasteiger partial charge in [-0.05, 0) is 239 Å². The summed E-state index contributed by atoms with van der Waals surface area (Å²) in [5.41, 5.74) is 27.1. The highest BCUT2D eigenvalue weighted by Gasteiger charge is 2.24. The van der Waals surface area contributed by atoms with Crippen molar-refractivity contribution in [1.29, 1.82) is 0 Å². The molecule has 0 atom stereocenters. The van der Waals surface area contributed by atoms with Crippen molar-refractivity contribution in [2.45, 2.75) is 0 Å². The number of furan rings is 2. The maximum Gasteiger partial charge on any atom is 0.136 e. The van der Waals surface area contributed by atoms with Crippen LogP contribution in [0, 0.1) is 0 Å². The third kappa shape index (κ3) is 12.2. The Morgan fingerprint density at radius 3 is 0.927 bits per heavy atom. The molecule has 26 rings (SSSR count). The smallest absolute Gasteiger partial charge is 0.136 e. The van der Waals surface area contributed by atoms with E-state index < -0.39 is 0 Å². The second kappa shape index (κ2) is 30.1. The zero-order valence-corrected chi connectivity index (χ0v) is 68.3. The summed E-state index contributed by atoms with van der Waals surface area (Å²) in [6.07, 6.45) is 0. The predicted molar refractivity (Wildman–Crippen MR) is 530 cm³/mol. The maximum absolute atomic E-state index is 6.38. The third-order valence-electron chi connectivity index (χ3n) is 25.3. The van der Waals surface area contributed by atoms with Crippen LogP contribution in [0.15, 0.2) is 464 Å². The fraction of sp³-hybridized carbons (Fsp3) is 0. The number of thiophene rings is 1. The van der Waals surface area contributed by atoms with Crippen molar-refractivity contribution in [2.75, 3.05) is 0 Å². The fourth-order valence-electron chi connectivity index (χ4n) is 19.8. The minimum absolute atomic E-state index is 0.875. The molecule has 0 saturated carbocycles. The normalized spacial score (nSPS) is 11.7. The molecule has 0 amide bonds. The van der Waals surface area contributed by atoms with Crippen molar-refractivity contribution in [3.8, 4) is 94.7 Å². The number of hydrogen-bond acceptors (Lipinski definition) is 3. The molecule has 0 saturated heterocycles. The van der Waals surface area contributed by atoms with Gasteiger partial charge in [-0.25, -0.2) is 0 Å². The minimum atomic E-state index is 0.875. The Labute approximate surface area is 719 Å². The van der Waals surface area contributed by atoms with Crippen LogP contribution in [0.2, 0.25) is 0 Å². The van der Waals surface area contributed by atoms with Gasteiger partial charge in [0.15, 0.2) is 0 Å². The monoisotopic (exact) mass is 1590 g/mol. The number of rotatable bonds is 9. The summed E-state index contributed by atoms with van der Waals surface area (Å²) in [6, 6.07) is 164. The first-order valence-corrected chi connectivity index (χ1v) is 43.3. The molecule has 124 heavy (non-hydrogen) atoms. The lowest BCUT2D eigenvalue weighted by atomic mass is 9.85. The standard InChI is InChI=1S/C44H29N.C38H22O2.C38H24S/c1-3-13-30(14-4-1)33-25-28-42-40(29-33)35-17-11-12-22-41(35)45(42)34-26-23-32(24-27-34)44-38-20-9-7-18-36(38)43(31-15-5-2-6-16-31)37-19-8-10-21-39(37)44;1-2-10-23(11-3-1)37-26-13-4-6-15-28(26)38(29-16-7-5-14-27(29)37)24-18-19-34-30(20-24)32-22-35-31(21-36(32)40-34)25-12-8-9-17-33(25)39-35;1-2-11-25(12-3-1)37-30-16-4-6-18-32(30)38(33-19-7-5-17-31(33)37)28-14-10-13-26(23-28)27-21-22-36-34(24-27)29-15-8-9-20-35(29)39-36/h1-29H;1-22H;1-24H. The summed E-state index contributed by atoms with van der Waals surface area (Å²) >= 11 is 1.87. The van der Waals surface area contributed by atoms with Crippen molar-refractivity contribution >= 4 is 162 Å². The zero-order valence-electron chi connectivity index (χ0n) is 67.5. The highest BCUT2D eigenvalue weighted by Crippen LogP contribution is 2.50. The summed E-state index contributed by atoms with van der Waals surface area (Å²) in [7, 11) is 0. The van der Waals surface area contributed by atoms with Crippen LogP contribution < -0.4 is 0 Å². The Hall–Kier alpha value is -16.0. The summed E-state index contributed by atoms with van der Waals surface area (Å²) in [6.45, 7) is 0. The van der Waals surface area contributed by atoms with Crippen molar-refractivity contribution in [2.24, 2.45) is 0 Å². The first-order chi connectivity index (χ1) is 61.5. The van der Waals surface area contributed by atoms with Crippen molar-refractivity contribution in [3.63, 3.8) is 0 Å². The molecular formula is C120H75NO2S. The van der Waals surface area contributed by atoms with Crippen LogP contribution in [0.3, 0.4) is 0 Å². The van der Waals surface area contributed by atoms with Crippen LogP contribution in [0.25, 0.3) is 245 Å². The summed E-state index contributed by atoms with van der Waals surface area (Å²) in [4.78, 5) is 0. The maximum atomic E-state index is 6.38. The molecule has 0 radical (unpaired) electrons. The fourth-order valence-corrected chi connectivity index (χ4v) is 20.9. The summed E-state index contributed by atoms with van der Waals surface area (Å²) in [5, 5.41) is 24.8. The molecule has 0 N–H and O–H groups in total. The molecule has 0 bridgehead atoms. The Morgan fingerprint density at radius 1 is 0.145 bits per heavy atom. The average molecular weight is 1590 g/mol. The molecule has 0 aliphatic heterocycles. The van der Waals surface area contributed by atoms with Gasteiger partial charge < -0.3 is 13.4 Å². The van der Waals surface area contributed by atoms with Crippen LogP contribution in [0.5, 0.6) is 0 Å². The van der Waals surface area contributed by atoms with E-state index in [9.17, 15) is 0 Å². The van der Waals surface area contributed by atoms with Gasteiger partial charge in [0, 0.05) is 58.2 Å². The van der Waals surface area contributed by atoms with Crippen molar-refractivity contribution in [1.82, 2.24) is 4.57 Å². The first-order valence-electron chi connectivity index (χ1n) is 42.5. The summed E-state index contributed by atoms with van der Waals surface area (Å²) < 4.78 is 17.7. The number of aromatic nitrogens is 1. The van der Waals surface area contributed by atoms with Crippen LogP contribution in [-0.2, 0) is 0 Å². The van der Waals surface area contributed by atoms with E-state index in [-0.39, 0.29) is 0 Å². The van der Waals surface area contributed by atoms with Crippen molar-refractivity contribution in [3.05, 3.63) is 455 Å². The Kier molecular flexibility index (Phi) is 17.5. The van der Waals surface area contributed by atoms with Gasteiger partial charge in [0.1, 0.15) is 22.3 Å². The van der Waals surface area contributed by atoms with E-state index in [1.807, 2.05) is 29.5 Å². The zero-order chi connectivity index (χ0) is 81.7. The number of para-hydroxylation sites is 2. The minimum Gasteiger partial charge on any atom is -0.456 e. The highest BCUT2D eigenvalue weighted by molar-refractivity contribution is 7.25. The van der Waals surface area contributed by atoms with E-state index >= 15 is 0 Å². The number of benzene rings is 22. The van der Waals surface area contributed by atoms with Crippen LogP contribution in [0.4, 0.5) is 0 Å². The van der Waals surface area contributed by atoms with Gasteiger partial charge in [-0.2, -0.15) is 0 Å². The Balaban J connectivity index is 0.000000105. The lowest BCUT2D eigenvalue weighted by molar-refractivity contribution is 0.664. The Bertz CT molecular complexity index is 8540. The molecule has 4 heteroatoms. The first kappa shape index (κ1) is 72.1. The topological polar surface area (TPSA) is 31.2 Å². The van der Waals surface area contributed by atoms with Gasteiger partial charge in [-0.15, -0.1) is 11.3 Å². The molecule has 26 aromatic rings. The van der Waals surface area contributed by atoms with E-state index in [1.54, 1.807) is 0 Å². The SMILES string of the molecule is c1ccc(-c2c3ccccc3c(-c3ccc4oc5cc6c(cc5c4c3)oc3ccccc36)c3ccccc23)cc1.c1ccc(-c2c3ccccc3c(-c3cccc(-c4ccc5sc6ccccc6c5c4)c3)c3ccccc23)cc1.c1ccc(-c2ccc3c(c2)c2ccccc2n3-c2ccc(-c3c4ccccc4c(-c4ccccc4)c4ccccc34)cc2)cc1. The molecule has 4 heterocycles. The average Bonchev–Trinajstić information content (AvgIpc) is 1.03. The molecular weight excluding hydrogens is 1520 g/mol. The van der Waals surface area contributed by atoms with Gasteiger partial charge in [0.25, 0.3) is 0 Å². The molecule has 0 fully saturated rings. The van der Waals surface area contributed by atoms with Gasteiger partial charge in [0.05, 0.1) is 11.0 Å². The Morgan fingerprint density at radius 2 is 0.435 bits per heavy atom. The van der Waals surface area contributed by atoms with Gasteiger partial charge >= 0.3 is 0 Å². The van der Waals surface area contributed by atoms with E-state index in [4.69, 9.17) is 8.83 Å². The highest BCUT2D eigenvalue weighted by atomic mass is 32.1. The third-order valence-corrected chi connectivity index (χ3v) is 26.4. The number of hydrogen-bond donors (Lipinski definition) is 0. The molecule has 3 nitrogen and oxygen atoms in total. The van der Waals surface area contributed by atoms with Gasteiger partial charge in [0.2, 0.25) is 0 Å². The van der Waals surface area contributed by atoms with E-state index in [2.05, 4.69) is 441 Å². The largest absolute Gasteiger partial charge is 0.456 e. The van der Waals surface area contributed by atoms with E-state index in [1.165, 1.54) is 196 Å². The molecule has 0 aliphatic carbocycles. The molecule has 0 unspecified atom stereocenters. The summed E-state index contributed by atoms with van der Waals surface area (Å²) in [5.74, 6) is 0. The number of nitrogens with zero attached hydrogens (tertiary/aromatic N) is 1. The van der Waals surface area contributed by atoms with Crippen LogP contribution in [-0.4, -0.2) is 4.57 Å². The second-order valence-electron chi connectivity index (χ2n) is 32.3. The lowest BCUT2D eigenvalue weighted by Gasteiger charge is -2.18. The number of fused-ring (bicyclic) bond motifs is 18. The lowest BCUT2D eigenvalue weighted by Crippen LogP contribution is -1.94.